The van der Waals surface area contributed by atoms with Gasteiger partial charge in [-0.2, -0.15) is 5.26 Å². The van der Waals surface area contributed by atoms with E-state index in [1.807, 2.05) is 36.4 Å². The molecule has 0 amide bonds. The van der Waals surface area contributed by atoms with E-state index in [1.165, 1.54) is 0 Å². The number of nitrogens with zero attached hydrogens (tertiary/aromatic N) is 1. The number of halogens is 1. The van der Waals surface area contributed by atoms with E-state index in [0.29, 0.717) is 21.5 Å². The number of allylic oxidation sites excluding steroid dienone is 1. The lowest BCUT2D eigenvalue weighted by atomic mass is 10.0. The smallest absolute Gasteiger partial charge is 0.176 e. The van der Waals surface area contributed by atoms with Gasteiger partial charge in [-0.3, -0.25) is 0 Å². The fourth-order valence-electron chi connectivity index (χ4n) is 2.04. The van der Waals surface area contributed by atoms with Crippen molar-refractivity contribution in [1.82, 2.24) is 0 Å². The standard InChI is InChI=1S/C19H14BrNO2/c1-3-9-23-19-17(20)11-14(12-18(19)22-2)10-16(13-21)15-7-5-4-6-8-15/h1,4-8,10-12H,9H2,2H3/b16-10+. The molecule has 2 rings (SSSR count). The number of terminal acetylenes is 1. The first-order chi connectivity index (χ1) is 11.2. The SMILES string of the molecule is C#CCOc1c(Br)cc(/C=C(\C#N)c2ccccc2)cc1OC. The second-order valence-electron chi connectivity index (χ2n) is 4.56. The van der Waals surface area contributed by atoms with Crippen molar-refractivity contribution in [3.8, 4) is 29.9 Å². The summed E-state index contributed by atoms with van der Waals surface area (Å²) in [5.74, 6) is 3.51. The van der Waals surface area contributed by atoms with Crippen LogP contribution in [0.15, 0.2) is 46.9 Å². The van der Waals surface area contributed by atoms with Gasteiger partial charge in [0.25, 0.3) is 0 Å². The lowest BCUT2D eigenvalue weighted by Gasteiger charge is -2.12. The molecular weight excluding hydrogens is 354 g/mol. The summed E-state index contributed by atoms with van der Waals surface area (Å²) in [5, 5.41) is 9.40. The Kier molecular flexibility index (Phi) is 5.86. The average Bonchev–Trinajstić information content (AvgIpc) is 2.59. The Morgan fingerprint density at radius 3 is 2.65 bits per heavy atom. The third kappa shape index (κ3) is 4.16. The van der Waals surface area contributed by atoms with Gasteiger partial charge >= 0.3 is 0 Å². The van der Waals surface area contributed by atoms with Crippen molar-refractivity contribution in [3.05, 3.63) is 58.1 Å². The van der Waals surface area contributed by atoms with Crippen LogP contribution in [0.5, 0.6) is 11.5 Å². The summed E-state index contributed by atoms with van der Waals surface area (Å²) in [6.45, 7) is 0.150. The maximum absolute atomic E-state index is 9.40. The molecule has 0 aliphatic heterocycles. The van der Waals surface area contributed by atoms with E-state index >= 15 is 0 Å². The molecule has 0 fully saturated rings. The number of benzene rings is 2. The normalized spacial score (nSPS) is 10.5. The molecule has 0 unspecified atom stereocenters. The van der Waals surface area contributed by atoms with Crippen LogP contribution < -0.4 is 9.47 Å². The van der Waals surface area contributed by atoms with Crippen molar-refractivity contribution in [1.29, 1.82) is 5.26 Å². The van der Waals surface area contributed by atoms with Crippen LogP contribution in [-0.2, 0) is 0 Å². The van der Waals surface area contributed by atoms with Gasteiger partial charge in [-0.25, -0.2) is 0 Å². The first-order valence-corrected chi connectivity index (χ1v) is 7.60. The van der Waals surface area contributed by atoms with Gasteiger partial charge in [0.2, 0.25) is 0 Å². The predicted octanol–water partition coefficient (Wildman–Crippen LogP) is 4.53. The lowest BCUT2D eigenvalue weighted by Crippen LogP contribution is -1.98. The fourth-order valence-corrected chi connectivity index (χ4v) is 2.62. The highest BCUT2D eigenvalue weighted by Gasteiger charge is 2.11. The summed E-state index contributed by atoms with van der Waals surface area (Å²) in [4.78, 5) is 0. The molecule has 0 aliphatic carbocycles. The van der Waals surface area contributed by atoms with Gasteiger partial charge < -0.3 is 9.47 Å². The van der Waals surface area contributed by atoms with Gasteiger partial charge in [0, 0.05) is 0 Å². The van der Waals surface area contributed by atoms with E-state index in [2.05, 4.69) is 27.9 Å². The second-order valence-corrected chi connectivity index (χ2v) is 5.42. The Balaban J connectivity index is 2.44. The van der Waals surface area contributed by atoms with Crippen LogP contribution in [0.2, 0.25) is 0 Å². The number of methoxy groups -OCH3 is 1. The molecule has 4 heteroatoms. The van der Waals surface area contributed by atoms with Crippen LogP contribution in [0.4, 0.5) is 0 Å². The zero-order valence-electron chi connectivity index (χ0n) is 12.5. The maximum atomic E-state index is 9.40. The second kappa shape index (κ2) is 8.08. The van der Waals surface area contributed by atoms with Crippen LogP contribution in [0.3, 0.4) is 0 Å². The van der Waals surface area contributed by atoms with Gasteiger partial charge in [0.15, 0.2) is 11.5 Å². The summed E-state index contributed by atoms with van der Waals surface area (Å²) >= 11 is 3.45. The van der Waals surface area contributed by atoms with Crippen LogP contribution in [-0.4, -0.2) is 13.7 Å². The predicted molar refractivity (Wildman–Crippen MR) is 94.9 cm³/mol. The molecule has 0 spiro atoms. The van der Waals surface area contributed by atoms with E-state index in [4.69, 9.17) is 15.9 Å². The van der Waals surface area contributed by atoms with Crippen molar-refractivity contribution in [2.45, 2.75) is 0 Å². The number of hydrogen-bond acceptors (Lipinski definition) is 3. The fraction of sp³-hybridized carbons (Fsp3) is 0.105. The van der Waals surface area contributed by atoms with Crippen molar-refractivity contribution in [3.63, 3.8) is 0 Å². The summed E-state index contributed by atoms with van der Waals surface area (Å²) in [7, 11) is 1.56. The summed E-state index contributed by atoms with van der Waals surface area (Å²) in [6, 6.07) is 15.4. The monoisotopic (exact) mass is 367 g/mol. The highest BCUT2D eigenvalue weighted by molar-refractivity contribution is 9.10. The molecule has 0 N–H and O–H groups in total. The van der Waals surface area contributed by atoms with E-state index in [1.54, 1.807) is 19.3 Å². The van der Waals surface area contributed by atoms with Crippen LogP contribution in [0.1, 0.15) is 11.1 Å². The van der Waals surface area contributed by atoms with Crippen molar-refractivity contribution < 1.29 is 9.47 Å². The quantitative estimate of drug-likeness (QED) is 0.442. The summed E-state index contributed by atoms with van der Waals surface area (Å²) in [5.41, 5.74) is 2.25. The van der Waals surface area contributed by atoms with Crippen LogP contribution in [0.25, 0.3) is 11.6 Å². The molecule has 3 nitrogen and oxygen atoms in total. The molecule has 0 aromatic heterocycles. The minimum absolute atomic E-state index is 0.150. The number of rotatable bonds is 5. The third-order valence-corrected chi connectivity index (χ3v) is 3.66. The Bertz CT molecular complexity index is 799. The Hall–Kier alpha value is -2.69. The molecule has 0 saturated carbocycles. The molecule has 2 aromatic rings. The van der Waals surface area contributed by atoms with E-state index in [9.17, 15) is 5.26 Å². The van der Waals surface area contributed by atoms with Gasteiger partial charge in [0.05, 0.1) is 23.2 Å². The van der Waals surface area contributed by atoms with Gasteiger partial charge in [-0.1, -0.05) is 36.3 Å². The highest BCUT2D eigenvalue weighted by atomic mass is 79.9. The van der Waals surface area contributed by atoms with Crippen molar-refractivity contribution >= 4 is 27.6 Å². The molecular formula is C19H14BrNO2. The minimum Gasteiger partial charge on any atom is -0.493 e. The minimum atomic E-state index is 0.150. The lowest BCUT2D eigenvalue weighted by molar-refractivity contribution is 0.329. The topological polar surface area (TPSA) is 42.2 Å². The number of ether oxygens (including phenoxy) is 2. The Morgan fingerprint density at radius 2 is 2.04 bits per heavy atom. The van der Waals surface area contributed by atoms with E-state index in [-0.39, 0.29) is 6.61 Å². The third-order valence-electron chi connectivity index (χ3n) is 3.07. The molecule has 0 radical (unpaired) electrons. The molecule has 0 aliphatic rings. The van der Waals surface area contributed by atoms with E-state index in [0.717, 1.165) is 11.1 Å². The van der Waals surface area contributed by atoms with Crippen LogP contribution >= 0.6 is 15.9 Å². The maximum Gasteiger partial charge on any atom is 0.176 e. The largest absolute Gasteiger partial charge is 0.493 e. The molecule has 23 heavy (non-hydrogen) atoms. The molecule has 0 atom stereocenters. The van der Waals surface area contributed by atoms with Gasteiger partial charge in [-0.05, 0) is 45.3 Å². The zero-order valence-corrected chi connectivity index (χ0v) is 14.1. The average molecular weight is 368 g/mol. The first-order valence-electron chi connectivity index (χ1n) is 6.80. The molecule has 0 heterocycles. The Morgan fingerprint density at radius 1 is 1.30 bits per heavy atom. The highest BCUT2D eigenvalue weighted by Crippen LogP contribution is 2.37. The summed E-state index contributed by atoms with van der Waals surface area (Å²) in [6.07, 6.45) is 7.02. The molecule has 0 bridgehead atoms. The van der Waals surface area contributed by atoms with Crippen LogP contribution in [0, 0.1) is 23.7 Å². The zero-order chi connectivity index (χ0) is 16.7. The molecule has 2 aromatic carbocycles. The van der Waals surface area contributed by atoms with Gasteiger partial charge in [0.1, 0.15) is 6.61 Å². The van der Waals surface area contributed by atoms with Crippen molar-refractivity contribution in [2.24, 2.45) is 0 Å². The number of hydrogen-bond donors (Lipinski definition) is 0. The Labute approximate surface area is 144 Å². The van der Waals surface area contributed by atoms with E-state index < -0.39 is 0 Å². The summed E-state index contributed by atoms with van der Waals surface area (Å²) < 4.78 is 11.5. The number of nitriles is 1. The first kappa shape index (κ1) is 16.7. The molecule has 114 valence electrons. The van der Waals surface area contributed by atoms with Gasteiger partial charge in [-0.15, -0.1) is 6.42 Å². The molecule has 0 saturated heterocycles. The van der Waals surface area contributed by atoms with Crippen molar-refractivity contribution in [2.75, 3.05) is 13.7 Å².